The molecule has 1 aromatic carbocycles. The smallest absolute Gasteiger partial charge is 0.119 e. The van der Waals surface area contributed by atoms with Crippen LogP contribution in [0.15, 0.2) is 24.3 Å². The minimum atomic E-state index is 0.252. The monoisotopic (exact) mass is 209 g/mol. The van der Waals surface area contributed by atoms with Gasteiger partial charge in [-0.15, -0.1) is 0 Å². The predicted octanol–water partition coefficient (Wildman–Crippen LogP) is 1.51. The Morgan fingerprint density at radius 3 is 2.87 bits per heavy atom. The number of ether oxygens (including phenoxy) is 1. The zero-order valence-electron chi connectivity index (χ0n) is 9.44. The summed E-state index contributed by atoms with van der Waals surface area (Å²) in [6, 6.07) is 8.05. The maximum absolute atomic E-state index is 8.72. The van der Waals surface area contributed by atoms with Gasteiger partial charge in [-0.05, 0) is 31.2 Å². The fraction of sp³-hybridized carbons (Fsp3) is 0.500. The number of methoxy groups -OCH3 is 1. The van der Waals surface area contributed by atoms with Gasteiger partial charge in [-0.3, -0.25) is 0 Å². The van der Waals surface area contributed by atoms with Crippen molar-refractivity contribution in [2.75, 3.05) is 27.3 Å². The van der Waals surface area contributed by atoms with Crippen molar-refractivity contribution in [3.63, 3.8) is 0 Å². The summed E-state index contributed by atoms with van der Waals surface area (Å²) in [6.07, 6.45) is 0.820. The molecule has 1 N–H and O–H groups in total. The van der Waals surface area contributed by atoms with E-state index in [2.05, 4.69) is 18.0 Å². The van der Waals surface area contributed by atoms with E-state index in [0.29, 0.717) is 0 Å². The Labute approximate surface area is 91.3 Å². The highest BCUT2D eigenvalue weighted by atomic mass is 16.5. The van der Waals surface area contributed by atoms with Gasteiger partial charge in [0.1, 0.15) is 5.75 Å². The average Bonchev–Trinajstić information content (AvgIpc) is 2.26. The van der Waals surface area contributed by atoms with E-state index < -0.39 is 0 Å². The number of hydrogen-bond acceptors (Lipinski definition) is 3. The Bertz CT molecular complexity index is 289. The lowest BCUT2D eigenvalue weighted by molar-refractivity contribution is 0.244. The van der Waals surface area contributed by atoms with Crippen molar-refractivity contribution in [1.82, 2.24) is 4.90 Å². The zero-order valence-corrected chi connectivity index (χ0v) is 9.44. The molecule has 1 aromatic rings. The first kappa shape index (κ1) is 12.0. The van der Waals surface area contributed by atoms with Crippen molar-refractivity contribution in [1.29, 1.82) is 0 Å². The number of rotatable bonds is 6. The second-order valence-corrected chi connectivity index (χ2v) is 3.67. The number of hydrogen-bond donors (Lipinski definition) is 1. The van der Waals surface area contributed by atoms with Crippen LogP contribution in [0.25, 0.3) is 0 Å². The molecule has 0 unspecified atom stereocenters. The molecule has 1 rings (SSSR count). The molecule has 3 nitrogen and oxygen atoms in total. The number of benzene rings is 1. The molecule has 0 fully saturated rings. The van der Waals surface area contributed by atoms with Crippen molar-refractivity contribution in [2.24, 2.45) is 0 Å². The van der Waals surface area contributed by atoms with Crippen LogP contribution in [0.2, 0.25) is 0 Å². The summed E-state index contributed by atoms with van der Waals surface area (Å²) in [5.41, 5.74) is 1.23. The summed E-state index contributed by atoms with van der Waals surface area (Å²) in [4.78, 5) is 2.19. The predicted molar refractivity (Wildman–Crippen MR) is 61.0 cm³/mol. The molecule has 0 heterocycles. The van der Waals surface area contributed by atoms with E-state index in [1.807, 2.05) is 18.2 Å². The van der Waals surface area contributed by atoms with Gasteiger partial charge in [-0.1, -0.05) is 12.1 Å². The van der Waals surface area contributed by atoms with Crippen LogP contribution < -0.4 is 4.74 Å². The van der Waals surface area contributed by atoms with Gasteiger partial charge in [0.25, 0.3) is 0 Å². The molecule has 0 aliphatic carbocycles. The van der Waals surface area contributed by atoms with Crippen LogP contribution in [0.5, 0.6) is 5.75 Å². The van der Waals surface area contributed by atoms with Gasteiger partial charge in [0.05, 0.1) is 7.11 Å². The molecule has 0 amide bonds. The molecule has 0 aliphatic rings. The van der Waals surface area contributed by atoms with Crippen molar-refractivity contribution >= 4 is 0 Å². The van der Waals surface area contributed by atoms with E-state index in [-0.39, 0.29) is 6.61 Å². The van der Waals surface area contributed by atoms with Gasteiger partial charge in [-0.25, -0.2) is 0 Å². The van der Waals surface area contributed by atoms with Crippen LogP contribution in [-0.2, 0) is 6.54 Å². The van der Waals surface area contributed by atoms with E-state index in [0.717, 1.165) is 25.3 Å². The Morgan fingerprint density at radius 1 is 1.40 bits per heavy atom. The standard InChI is InChI=1S/C12H19NO2/c1-13(7-4-8-14)10-11-5-3-6-12(9-11)15-2/h3,5-6,9,14H,4,7-8,10H2,1-2H3. The first-order chi connectivity index (χ1) is 7.26. The first-order valence-electron chi connectivity index (χ1n) is 5.18. The molecule has 0 aliphatic heterocycles. The topological polar surface area (TPSA) is 32.7 Å². The molecule has 0 saturated carbocycles. The summed E-state index contributed by atoms with van der Waals surface area (Å²) in [5.74, 6) is 0.892. The van der Waals surface area contributed by atoms with Crippen LogP contribution in [0.1, 0.15) is 12.0 Å². The van der Waals surface area contributed by atoms with Gasteiger partial charge in [0.15, 0.2) is 0 Å². The fourth-order valence-corrected chi connectivity index (χ4v) is 1.50. The molecule has 0 spiro atoms. The maximum atomic E-state index is 8.72. The van der Waals surface area contributed by atoms with E-state index in [1.165, 1.54) is 5.56 Å². The largest absolute Gasteiger partial charge is 0.497 e. The van der Waals surface area contributed by atoms with Crippen LogP contribution in [-0.4, -0.2) is 37.3 Å². The quantitative estimate of drug-likeness (QED) is 0.771. The van der Waals surface area contributed by atoms with Gasteiger partial charge in [0.2, 0.25) is 0 Å². The highest BCUT2D eigenvalue weighted by Crippen LogP contribution is 2.13. The molecular weight excluding hydrogens is 190 g/mol. The lowest BCUT2D eigenvalue weighted by atomic mass is 10.2. The Hall–Kier alpha value is -1.06. The van der Waals surface area contributed by atoms with Crippen LogP contribution in [0.4, 0.5) is 0 Å². The van der Waals surface area contributed by atoms with Crippen LogP contribution in [0, 0.1) is 0 Å². The summed E-state index contributed by atoms with van der Waals surface area (Å²) in [7, 11) is 3.73. The molecule has 3 heteroatoms. The van der Waals surface area contributed by atoms with Gasteiger partial charge in [0, 0.05) is 19.7 Å². The minimum absolute atomic E-state index is 0.252. The van der Waals surface area contributed by atoms with Gasteiger partial charge >= 0.3 is 0 Å². The van der Waals surface area contributed by atoms with E-state index >= 15 is 0 Å². The van der Waals surface area contributed by atoms with E-state index in [9.17, 15) is 0 Å². The lowest BCUT2D eigenvalue weighted by Gasteiger charge is -2.16. The molecule has 0 aromatic heterocycles. The highest BCUT2D eigenvalue weighted by molar-refractivity contribution is 5.28. The number of nitrogens with zero attached hydrogens (tertiary/aromatic N) is 1. The van der Waals surface area contributed by atoms with Gasteiger partial charge in [-0.2, -0.15) is 0 Å². The number of aliphatic hydroxyl groups is 1. The minimum Gasteiger partial charge on any atom is -0.497 e. The molecule has 0 atom stereocenters. The van der Waals surface area contributed by atoms with Crippen LogP contribution in [0.3, 0.4) is 0 Å². The maximum Gasteiger partial charge on any atom is 0.119 e. The van der Waals surface area contributed by atoms with Crippen molar-refractivity contribution in [3.05, 3.63) is 29.8 Å². The molecule has 0 radical (unpaired) electrons. The molecular formula is C12H19NO2. The average molecular weight is 209 g/mol. The lowest BCUT2D eigenvalue weighted by Crippen LogP contribution is -2.19. The second kappa shape index (κ2) is 6.43. The molecule has 0 bridgehead atoms. The van der Waals surface area contributed by atoms with Crippen LogP contribution >= 0.6 is 0 Å². The fourth-order valence-electron chi connectivity index (χ4n) is 1.50. The normalized spacial score (nSPS) is 10.7. The van der Waals surface area contributed by atoms with Crippen molar-refractivity contribution in [3.8, 4) is 5.75 Å². The van der Waals surface area contributed by atoms with Gasteiger partial charge < -0.3 is 14.7 Å². The molecule has 15 heavy (non-hydrogen) atoms. The third kappa shape index (κ3) is 4.32. The summed E-state index contributed by atoms with van der Waals surface area (Å²) >= 11 is 0. The summed E-state index contributed by atoms with van der Waals surface area (Å²) in [6.45, 7) is 2.05. The third-order valence-corrected chi connectivity index (χ3v) is 2.28. The summed E-state index contributed by atoms with van der Waals surface area (Å²) < 4.78 is 5.16. The van der Waals surface area contributed by atoms with E-state index in [1.54, 1.807) is 7.11 Å². The molecule has 0 saturated heterocycles. The van der Waals surface area contributed by atoms with E-state index in [4.69, 9.17) is 9.84 Å². The molecule has 84 valence electrons. The van der Waals surface area contributed by atoms with Crippen molar-refractivity contribution in [2.45, 2.75) is 13.0 Å². The Balaban J connectivity index is 2.48. The SMILES string of the molecule is COc1cccc(CN(C)CCCO)c1. The Kier molecular flexibility index (Phi) is 5.15. The van der Waals surface area contributed by atoms with Crippen molar-refractivity contribution < 1.29 is 9.84 Å². The highest BCUT2D eigenvalue weighted by Gasteiger charge is 2.00. The second-order valence-electron chi connectivity index (χ2n) is 3.67. The first-order valence-corrected chi connectivity index (χ1v) is 5.18. The zero-order chi connectivity index (χ0) is 11.1. The Morgan fingerprint density at radius 2 is 2.20 bits per heavy atom. The summed E-state index contributed by atoms with van der Waals surface area (Å²) in [5, 5.41) is 8.72. The third-order valence-electron chi connectivity index (χ3n) is 2.28. The number of aliphatic hydroxyl groups excluding tert-OH is 1.